The molecular weight excluding hydrogens is 370 g/mol. The van der Waals surface area contributed by atoms with Crippen molar-refractivity contribution in [2.24, 2.45) is 0 Å². The molecule has 0 heterocycles. The standard InChI is InChI=1S/C19H29NO8/c1-7-27-19(22)17(20-10-16(24-4)25-5)13-8-9-15(23-3)18(26-6)14(13)11-28-12(2)21/h8-9,16-17,20H,7,10-11H2,1-6H3. The fraction of sp³-hybridized carbons (Fsp3) is 0.579. The van der Waals surface area contributed by atoms with Crippen LogP contribution in [0.5, 0.6) is 11.5 Å². The van der Waals surface area contributed by atoms with Crippen LogP contribution in [-0.2, 0) is 35.1 Å². The number of hydrogen-bond donors (Lipinski definition) is 1. The van der Waals surface area contributed by atoms with Gasteiger partial charge in [0.1, 0.15) is 12.6 Å². The highest BCUT2D eigenvalue weighted by Gasteiger charge is 2.28. The van der Waals surface area contributed by atoms with Crippen molar-refractivity contribution >= 4 is 11.9 Å². The smallest absolute Gasteiger partial charge is 0.327 e. The van der Waals surface area contributed by atoms with Crippen molar-refractivity contribution in [3.05, 3.63) is 23.3 Å². The van der Waals surface area contributed by atoms with E-state index in [0.29, 0.717) is 22.6 Å². The molecule has 0 aliphatic rings. The van der Waals surface area contributed by atoms with E-state index in [1.165, 1.54) is 35.4 Å². The van der Waals surface area contributed by atoms with E-state index < -0.39 is 24.3 Å². The quantitative estimate of drug-likeness (QED) is 0.414. The second-order valence-electron chi connectivity index (χ2n) is 5.64. The molecule has 28 heavy (non-hydrogen) atoms. The first kappa shape index (κ1) is 23.7. The SMILES string of the molecule is CCOC(=O)C(NCC(OC)OC)c1ccc(OC)c(OC)c1COC(C)=O. The molecule has 1 aromatic rings. The van der Waals surface area contributed by atoms with Crippen molar-refractivity contribution in [1.82, 2.24) is 5.32 Å². The molecule has 0 aliphatic heterocycles. The molecule has 158 valence electrons. The molecule has 0 bridgehead atoms. The van der Waals surface area contributed by atoms with Crippen LogP contribution in [0.1, 0.15) is 31.0 Å². The largest absolute Gasteiger partial charge is 0.493 e. The Bertz CT molecular complexity index is 645. The van der Waals surface area contributed by atoms with Gasteiger partial charge < -0.3 is 28.4 Å². The summed E-state index contributed by atoms with van der Waals surface area (Å²) in [5.74, 6) is -0.143. The minimum Gasteiger partial charge on any atom is -0.493 e. The summed E-state index contributed by atoms with van der Waals surface area (Å²) in [6, 6.07) is 2.51. The third-order valence-corrected chi connectivity index (χ3v) is 3.95. The first-order valence-corrected chi connectivity index (χ1v) is 8.76. The zero-order valence-corrected chi connectivity index (χ0v) is 17.2. The van der Waals surface area contributed by atoms with Gasteiger partial charge in [0.25, 0.3) is 0 Å². The molecule has 1 rings (SSSR count). The van der Waals surface area contributed by atoms with Gasteiger partial charge in [0, 0.05) is 33.3 Å². The average Bonchev–Trinajstić information content (AvgIpc) is 2.69. The summed E-state index contributed by atoms with van der Waals surface area (Å²) >= 11 is 0. The Labute approximate surface area is 165 Å². The lowest BCUT2D eigenvalue weighted by atomic mass is 9.98. The van der Waals surface area contributed by atoms with Crippen molar-refractivity contribution in [3.63, 3.8) is 0 Å². The number of benzene rings is 1. The highest BCUT2D eigenvalue weighted by atomic mass is 16.7. The monoisotopic (exact) mass is 399 g/mol. The second-order valence-corrected chi connectivity index (χ2v) is 5.64. The summed E-state index contributed by atoms with van der Waals surface area (Å²) in [6.45, 7) is 3.35. The number of ether oxygens (including phenoxy) is 6. The number of carbonyl (C=O) groups excluding carboxylic acids is 2. The third-order valence-electron chi connectivity index (χ3n) is 3.95. The molecule has 1 aromatic carbocycles. The zero-order chi connectivity index (χ0) is 21.1. The number of esters is 2. The lowest BCUT2D eigenvalue weighted by Gasteiger charge is -2.24. The zero-order valence-electron chi connectivity index (χ0n) is 17.2. The predicted octanol–water partition coefficient (Wildman–Crippen LogP) is 1.58. The molecule has 0 spiro atoms. The highest BCUT2D eigenvalue weighted by Crippen LogP contribution is 2.37. The second kappa shape index (κ2) is 12.2. The van der Waals surface area contributed by atoms with Crippen LogP contribution in [0.15, 0.2) is 12.1 Å². The number of nitrogens with one attached hydrogen (secondary N) is 1. The van der Waals surface area contributed by atoms with Crippen LogP contribution in [-0.4, -0.2) is 59.8 Å². The summed E-state index contributed by atoms with van der Waals surface area (Å²) in [4.78, 5) is 24.0. The van der Waals surface area contributed by atoms with Crippen LogP contribution in [0.2, 0.25) is 0 Å². The molecule has 9 heteroatoms. The maximum Gasteiger partial charge on any atom is 0.327 e. The van der Waals surface area contributed by atoms with Crippen LogP contribution in [0, 0.1) is 0 Å². The van der Waals surface area contributed by atoms with Crippen molar-refractivity contribution in [2.45, 2.75) is 32.8 Å². The minimum atomic E-state index is -0.863. The summed E-state index contributed by atoms with van der Waals surface area (Å²) < 4.78 is 31.5. The molecule has 0 saturated heterocycles. The van der Waals surface area contributed by atoms with Gasteiger partial charge in [-0.25, -0.2) is 4.79 Å². The Morgan fingerprint density at radius 1 is 1.04 bits per heavy atom. The minimum absolute atomic E-state index is 0.0966. The summed E-state index contributed by atoms with van der Waals surface area (Å²) in [5.41, 5.74) is 1.03. The van der Waals surface area contributed by atoms with Crippen LogP contribution < -0.4 is 14.8 Å². The van der Waals surface area contributed by atoms with Gasteiger partial charge in [-0.1, -0.05) is 6.07 Å². The Balaban J connectivity index is 3.38. The first-order valence-electron chi connectivity index (χ1n) is 8.76. The third kappa shape index (κ3) is 6.36. The summed E-state index contributed by atoms with van der Waals surface area (Å²) in [6.07, 6.45) is -0.561. The summed E-state index contributed by atoms with van der Waals surface area (Å²) in [7, 11) is 5.96. The molecule has 0 radical (unpaired) electrons. The van der Waals surface area contributed by atoms with E-state index in [9.17, 15) is 9.59 Å². The molecular formula is C19H29NO8. The van der Waals surface area contributed by atoms with Gasteiger partial charge in [0.15, 0.2) is 17.8 Å². The van der Waals surface area contributed by atoms with Crippen molar-refractivity contribution in [3.8, 4) is 11.5 Å². The van der Waals surface area contributed by atoms with Crippen molar-refractivity contribution in [2.75, 3.05) is 41.6 Å². The maximum atomic E-state index is 12.6. The lowest BCUT2D eigenvalue weighted by molar-refractivity contribution is -0.147. The van der Waals surface area contributed by atoms with Gasteiger partial charge in [-0.05, 0) is 18.6 Å². The lowest BCUT2D eigenvalue weighted by Crippen LogP contribution is -2.37. The van der Waals surface area contributed by atoms with Gasteiger partial charge in [-0.15, -0.1) is 0 Å². The molecule has 0 saturated carbocycles. The van der Waals surface area contributed by atoms with Crippen LogP contribution in [0.4, 0.5) is 0 Å². The maximum absolute atomic E-state index is 12.6. The normalized spacial score (nSPS) is 11.8. The first-order chi connectivity index (χ1) is 13.4. The number of carbonyl (C=O) groups is 2. The summed E-state index contributed by atoms with van der Waals surface area (Å²) in [5, 5.41) is 3.08. The Kier molecular flexibility index (Phi) is 10.3. The van der Waals surface area contributed by atoms with Gasteiger partial charge in [0.2, 0.25) is 0 Å². The van der Waals surface area contributed by atoms with Gasteiger partial charge in [-0.3, -0.25) is 10.1 Å². The van der Waals surface area contributed by atoms with E-state index in [2.05, 4.69) is 5.32 Å². The topological polar surface area (TPSA) is 102 Å². The molecule has 0 fully saturated rings. The van der Waals surface area contributed by atoms with Crippen LogP contribution in [0.3, 0.4) is 0 Å². The van der Waals surface area contributed by atoms with Gasteiger partial charge in [-0.2, -0.15) is 0 Å². The fourth-order valence-corrected chi connectivity index (χ4v) is 2.62. The molecule has 0 amide bonds. The fourth-order valence-electron chi connectivity index (χ4n) is 2.62. The Morgan fingerprint density at radius 3 is 2.21 bits per heavy atom. The van der Waals surface area contributed by atoms with E-state index in [4.69, 9.17) is 28.4 Å². The van der Waals surface area contributed by atoms with Gasteiger partial charge >= 0.3 is 11.9 Å². The molecule has 1 N–H and O–H groups in total. The number of rotatable bonds is 12. The Morgan fingerprint density at radius 2 is 1.71 bits per heavy atom. The predicted molar refractivity (Wildman–Crippen MR) is 100 cm³/mol. The molecule has 0 aliphatic carbocycles. The van der Waals surface area contributed by atoms with E-state index in [0.717, 1.165) is 0 Å². The van der Waals surface area contributed by atoms with Crippen molar-refractivity contribution in [1.29, 1.82) is 0 Å². The van der Waals surface area contributed by atoms with Crippen molar-refractivity contribution < 1.29 is 38.0 Å². The van der Waals surface area contributed by atoms with E-state index >= 15 is 0 Å². The highest BCUT2D eigenvalue weighted by molar-refractivity contribution is 5.79. The van der Waals surface area contributed by atoms with E-state index in [1.807, 2.05) is 0 Å². The van der Waals surface area contributed by atoms with E-state index in [-0.39, 0.29) is 19.8 Å². The molecule has 9 nitrogen and oxygen atoms in total. The molecule has 1 atom stereocenters. The number of hydrogen-bond acceptors (Lipinski definition) is 9. The molecule has 1 unspecified atom stereocenters. The van der Waals surface area contributed by atoms with Gasteiger partial charge in [0.05, 0.1) is 20.8 Å². The number of methoxy groups -OCH3 is 4. The Hall–Kier alpha value is -2.36. The average molecular weight is 399 g/mol. The van der Waals surface area contributed by atoms with Crippen LogP contribution >= 0.6 is 0 Å². The molecule has 0 aromatic heterocycles. The van der Waals surface area contributed by atoms with Crippen LogP contribution in [0.25, 0.3) is 0 Å². The van der Waals surface area contributed by atoms with E-state index in [1.54, 1.807) is 19.1 Å².